The minimum Gasteiger partial charge on any atom is -0.368 e. The van der Waals surface area contributed by atoms with Gasteiger partial charge in [-0.05, 0) is 40.5 Å². The van der Waals surface area contributed by atoms with E-state index in [4.69, 9.17) is 17.3 Å². The molecule has 0 aliphatic rings. The lowest BCUT2D eigenvalue weighted by Crippen LogP contribution is -1.96. The highest BCUT2D eigenvalue weighted by atomic mass is 79.9. The number of nitrogens with zero attached hydrogens (tertiary/aromatic N) is 3. The van der Waals surface area contributed by atoms with Crippen LogP contribution in [0.4, 0.5) is 5.95 Å². The van der Waals surface area contributed by atoms with Crippen molar-refractivity contribution in [2.45, 2.75) is 6.92 Å². The quantitative estimate of drug-likeness (QED) is 0.866. The molecule has 1 aromatic carbocycles. The van der Waals surface area contributed by atoms with Crippen molar-refractivity contribution in [2.24, 2.45) is 5.10 Å². The van der Waals surface area contributed by atoms with Crippen LogP contribution in [-0.4, -0.2) is 15.9 Å². The van der Waals surface area contributed by atoms with Gasteiger partial charge < -0.3 is 5.73 Å². The molecule has 0 aliphatic heterocycles. The standard InChI is InChI=1S/C11H10BrClN4/c1-7-6-17(11(14)16-7)15-5-8-2-3-10(13)9(12)4-8/h2-6H,1H3,(H2,14,16). The summed E-state index contributed by atoms with van der Waals surface area (Å²) in [7, 11) is 0. The van der Waals surface area contributed by atoms with Crippen molar-refractivity contribution in [2.75, 3.05) is 5.73 Å². The van der Waals surface area contributed by atoms with Gasteiger partial charge in [-0.2, -0.15) is 5.10 Å². The number of nitrogen functional groups attached to an aromatic ring is 1. The molecule has 2 aromatic rings. The van der Waals surface area contributed by atoms with E-state index < -0.39 is 0 Å². The van der Waals surface area contributed by atoms with Gasteiger partial charge in [-0.1, -0.05) is 17.7 Å². The number of benzene rings is 1. The van der Waals surface area contributed by atoms with E-state index in [0.717, 1.165) is 15.7 Å². The minimum atomic E-state index is 0.367. The Kier molecular flexibility index (Phi) is 3.49. The van der Waals surface area contributed by atoms with Crippen LogP contribution in [0.3, 0.4) is 0 Å². The second kappa shape index (κ2) is 4.89. The number of hydrogen-bond donors (Lipinski definition) is 1. The van der Waals surface area contributed by atoms with E-state index in [9.17, 15) is 0 Å². The summed E-state index contributed by atoms with van der Waals surface area (Å²) in [5, 5.41) is 4.87. The molecule has 0 unspecified atom stereocenters. The zero-order valence-electron chi connectivity index (χ0n) is 9.06. The Balaban J connectivity index is 2.26. The molecule has 0 atom stereocenters. The molecule has 0 radical (unpaired) electrons. The van der Waals surface area contributed by atoms with Gasteiger partial charge in [-0.25, -0.2) is 9.66 Å². The molecule has 0 spiro atoms. The van der Waals surface area contributed by atoms with E-state index in [1.54, 1.807) is 18.5 Å². The zero-order valence-corrected chi connectivity index (χ0v) is 11.4. The lowest BCUT2D eigenvalue weighted by atomic mass is 10.2. The highest BCUT2D eigenvalue weighted by Gasteiger charge is 1.99. The molecule has 0 fully saturated rings. The first-order valence-electron chi connectivity index (χ1n) is 4.87. The summed E-state index contributed by atoms with van der Waals surface area (Å²) in [6.07, 6.45) is 3.45. The van der Waals surface area contributed by atoms with Crippen molar-refractivity contribution < 1.29 is 0 Å². The third-order valence-electron chi connectivity index (χ3n) is 2.11. The fraction of sp³-hybridized carbons (Fsp3) is 0.0909. The number of rotatable bonds is 2. The summed E-state index contributed by atoms with van der Waals surface area (Å²) in [4.78, 5) is 4.05. The monoisotopic (exact) mass is 312 g/mol. The lowest BCUT2D eigenvalue weighted by molar-refractivity contribution is 0.897. The smallest absolute Gasteiger partial charge is 0.221 e. The van der Waals surface area contributed by atoms with Gasteiger partial charge in [0.25, 0.3) is 0 Å². The Morgan fingerprint density at radius 2 is 2.29 bits per heavy atom. The third kappa shape index (κ3) is 2.87. The zero-order chi connectivity index (χ0) is 12.4. The van der Waals surface area contributed by atoms with E-state index in [2.05, 4.69) is 26.0 Å². The fourth-order valence-corrected chi connectivity index (χ4v) is 1.83. The molecule has 2 rings (SSSR count). The summed E-state index contributed by atoms with van der Waals surface area (Å²) >= 11 is 9.25. The largest absolute Gasteiger partial charge is 0.368 e. The van der Waals surface area contributed by atoms with E-state index in [0.29, 0.717) is 11.0 Å². The third-order valence-corrected chi connectivity index (χ3v) is 3.32. The molecule has 4 nitrogen and oxygen atoms in total. The van der Waals surface area contributed by atoms with Gasteiger partial charge >= 0.3 is 0 Å². The topological polar surface area (TPSA) is 56.2 Å². The number of anilines is 1. The van der Waals surface area contributed by atoms with E-state index >= 15 is 0 Å². The van der Waals surface area contributed by atoms with Gasteiger partial charge in [0.05, 0.1) is 23.1 Å². The van der Waals surface area contributed by atoms with Gasteiger partial charge in [0.15, 0.2) is 0 Å². The van der Waals surface area contributed by atoms with Crippen molar-refractivity contribution in [3.8, 4) is 0 Å². The molecular formula is C11H10BrClN4. The molecule has 2 N–H and O–H groups in total. The predicted octanol–water partition coefficient (Wildman–Crippen LogP) is 3.07. The Hall–Kier alpha value is -1.33. The Morgan fingerprint density at radius 3 is 2.88 bits per heavy atom. The molecule has 88 valence electrons. The van der Waals surface area contributed by atoms with Crippen LogP contribution >= 0.6 is 27.5 Å². The molecule has 6 heteroatoms. The number of imidazole rings is 1. The Labute approximate surface area is 112 Å². The van der Waals surface area contributed by atoms with Crippen LogP contribution in [0.15, 0.2) is 34.0 Å². The van der Waals surface area contributed by atoms with Gasteiger partial charge in [0, 0.05) is 4.47 Å². The van der Waals surface area contributed by atoms with Gasteiger partial charge in [-0.15, -0.1) is 0 Å². The molecule has 17 heavy (non-hydrogen) atoms. The minimum absolute atomic E-state index is 0.367. The second-order valence-corrected chi connectivity index (χ2v) is 4.76. The molecule has 0 bridgehead atoms. The summed E-state index contributed by atoms with van der Waals surface area (Å²) in [6.45, 7) is 1.86. The second-order valence-electron chi connectivity index (χ2n) is 3.50. The van der Waals surface area contributed by atoms with Crippen molar-refractivity contribution in [3.63, 3.8) is 0 Å². The number of aromatic nitrogens is 2. The molecule has 0 saturated heterocycles. The molecule has 0 saturated carbocycles. The molecular weight excluding hydrogens is 304 g/mol. The maximum absolute atomic E-state index is 5.90. The van der Waals surface area contributed by atoms with Gasteiger partial charge in [-0.3, -0.25) is 0 Å². The molecule has 0 amide bonds. The molecule has 0 aliphatic carbocycles. The summed E-state index contributed by atoms with van der Waals surface area (Å²) in [5.74, 6) is 0.367. The maximum Gasteiger partial charge on any atom is 0.221 e. The number of aryl methyl sites for hydroxylation is 1. The van der Waals surface area contributed by atoms with Crippen molar-refractivity contribution >= 4 is 39.7 Å². The predicted molar refractivity (Wildman–Crippen MR) is 73.5 cm³/mol. The van der Waals surface area contributed by atoms with E-state index in [1.807, 2.05) is 19.1 Å². The normalized spacial score (nSPS) is 11.2. The van der Waals surface area contributed by atoms with Crippen molar-refractivity contribution in [1.82, 2.24) is 9.66 Å². The van der Waals surface area contributed by atoms with Crippen molar-refractivity contribution in [1.29, 1.82) is 0 Å². The van der Waals surface area contributed by atoms with Gasteiger partial charge in [0.2, 0.25) is 5.95 Å². The van der Waals surface area contributed by atoms with E-state index in [-0.39, 0.29) is 0 Å². The van der Waals surface area contributed by atoms with Gasteiger partial charge in [0.1, 0.15) is 0 Å². The van der Waals surface area contributed by atoms with E-state index in [1.165, 1.54) is 4.68 Å². The van der Waals surface area contributed by atoms with Crippen molar-refractivity contribution in [3.05, 3.63) is 45.1 Å². The van der Waals surface area contributed by atoms with Crippen LogP contribution in [0.2, 0.25) is 5.02 Å². The molecule has 1 heterocycles. The first-order valence-corrected chi connectivity index (χ1v) is 6.04. The maximum atomic E-state index is 5.90. The first-order chi connectivity index (χ1) is 8.06. The highest BCUT2D eigenvalue weighted by molar-refractivity contribution is 9.10. The Bertz CT molecular complexity index is 577. The Morgan fingerprint density at radius 1 is 1.53 bits per heavy atom. The average molecular weight is 314 g/mol. The molecule has 1 aromatic heterocycles. The van der Waals surface area contributed by atoms with Crippen LogP contribution in [-0.2, 0) is 0 Å². The van der Waals surface area contributed by atoms with Crippen LogP contribution in [0.25, 0.3) is 0 Å². The van der Waals surface area contributed by atoms with Crippen LogP contribution in [0.1, 0.15) is 11.3 Å². The average Bonchev–Trinajstić information content (AvgIpc) is 2.59. The van der Waals surface area contributed by atoms with Crippen LogP contribution < -0.4 is 5.73 Å². The fourth-order valence-electron chi connectivity index (χ4n) is 1.32. The summed E-state index contributed by atoms with van der Waals surface area (Å²) in [6, 6.07) is 5.55. The SMILES string of the molecule is Cc1cn(N=Cc2ccc(Cl)c(Br)c2)c(N)n1. The summed E-state index contributed by atoms with van der Waals surface area (Å²) in [5.41, 5.74) is 7.42. The first kappa shape index (κ1) is 12.1. The number of halogens is 2. The highest BCUT2D eigenvalue weighted by Crippen LogP contribution is 2.22. The number of hydrogen-bond acceptors (Lipinski definition) is 3. The van der Waals surface area contributed by atoms with Crippen LogP contribution in [0, 0.1) is 6.92 Å². The number of nitrogens with two attached hydrogens (primary N) is 1. The summed E-state index contributed by atoms with van der Waals surface area (Å²) < 4.78 is 2.36. The lowest BCUT2D eigenvalue weighted by Gasteiger charge is -1.98. The van der Waals surface area contributed by atoms with Crippen LogP contribution in [0.5, 0.6) is 0 Å².